The molecule has 0 spiro atoms. The second kappa shape index (κ2) is 2.35. The van der Waals surface area contributed by atoms with Crippen molar-refractivity contribution >= 4 is 11.6 Å². The van der Waals surface area contributed by atoms with Gasteiger partial charge in [-0.25, -0.2) is 9.31 Å². The maximum atomic E-state index is 10.9. The molecule has 1 N–H and O–H groups in total. The third kappa shape index (κ3) is 0.932. The van der Waals surface area contributed by atoms with Crippen LogP contribution >= 0.6 is 0 Å². The van der Waals surface area contributed by atoms with Gasteiger partial charge < -0.3 is 9.67 Å². The maximum absolute atomic E-state index is 10.9. The molecule has 2 heterocycles. The quantitative estimate of drug-likeness (QED) is 0.700. The van der Waals surface area contributed by atoms with Crippen LogP contribution in [0.25, 0.3) is 5.65 Å². The molecule has 2 aromatic rings. The van der Waals surface area contributed by atoms with E-state index in [2.05, 4.69) is 5.10 Å². The topological polar surface area (TPSA) is 59.5 Å². The Morgan fingerprint density at radius 1 is 1.54 bits per heavy atom. The molecule has 0 saturated carbocycles. The molecule has 0 aliphatic carbocycles. The van der Waals surface area contributed by atoms with Gasteiger partial charge in [0.25, 0.3) is 0 Å². The average molecular weight is 179 g/mol. The monoisotopic (exact) mass is 179 g/mol. The number of carbonyl (C=O) groups is 1. The fourth-order valence-electron chi connectivity index (χ4n) is 1.46. The van der Waals surface area contributed by atoms with Crippen molar-refractivity contribution in [2.24, 2.45) is 7.05 Å². The molecule has 0 bridgehead atoms. The fraction of sp³-hybridized carbons (Fsp3) is 0.250. The third-order valence-corrected chi connectivity index (χ3v) is 2.04. The lowest BCUT2D eigenvalue weighted by Crippen LogP contribution is -2.00. The van der Waals surface area contributed by atoms with Crippen molar-refractivity contribution in [3.63, 3.8) is 0 Å². The van der Waals surface area contributed by atoms with Crippen LogP contribution in [-0.4, -0.2) is 25.3 Å². The van der Waals surface area contributed by atoms with Crippen molar-refractivity contribution in [3.05, 3.63) is 23.7 Å². The first kappa shape index (κ1) is 7.85. The van der Waals surface area contributed by atoms with Gasteiger partial charge in [-0.05, 0) is 6.92 Å². The summed E-state index contributed by atoms with van der Waals surface area (Å²) in [5.41, 5.74) is 1.43. The van der Waals surface area contributed by atoms with E-state index in [1.807, 2.05) is 0 Å². The van der Waals surface area contributed by atoms with Gasteiger partial charge in [-0.1, -0.05) is 0 Å². The number of imidazole rings is 1. The van der Waals surface area contributed by atoms with E-state index < -0.39 is 5.97 Å². The van der Waals surface area contributed by atoms with Gasteiger partial charge in [0.1, 0.15) is 11.2 Å². The zero-order valence-electron chi connectivity index (χ0n) is 7.35. The number of carboxylic acid groups (broad SMARTS) is 1. The second-order valence-electron chi connectivity index (χ2n) is 2.94. The Labute approximate surface area is 74.2 Å². The van der Waals surface area contributed by atoms with Gasteiger partial charge in [-0.2, -0.15) is 5.10 Å². The number of rotatable bonds is 1. The first-order valence-electron chi connectivity index (χ1n) is 3.85. The molecule has 0 saturated heterocycles. The van der Waals surface area contributed by atoms with Crippen molar-refractivity contribution in [1.29, 1.82) is 0 Å². The first-order valence-corrected chi connectivity index (χ1v) is 3.85. The smallest absolute Gasteiger partial charge is 0.341 e. The van der Waals surface area contributed by atoms with Crippen LogP contribution in [0.1, 0.15) is 16.1 Å². The summed E-state index contributed by atoms with van der Waals surface area (Å²) in [7, 11) is 1.79. The van der Waals surface area contributed by atoms with Crippen LogP contribution < -0.4 is 0 Å². The molecule has 0 radical (unpaired) electrons. The summed E-state index contributed by atoms with van der Waals surface area (Å²) >= 11 is 0. The van der Waals surface area contributed by atoms with E-state index in [1.54, 1.807) is 35.4 Å². The van der Waals surface area contributed by atoms with Crippen molar-refractivity contribution in [2.45, 2.75) is 6.92 Å². The average Bonchev–Trinajstić information content (AvgIpc) is 2.51. The van der Waals surface area contributed by atoms with Gasteiger partial charge in [0, 0.05) is 19.4 Å². The minimum Gasteiger partial charge on any atom is -0.477 e. The van der Waals surface area contributed by atoms with E-state index in [9.17, 15) is 4.79 Å². The van der Waals surface area contributed by atoms with Crippen molar-refractivity contribution in [2.75, 3.05) is 0 Å². The number of fused-ring (bicyclic) bond motifs is 1. The highest BCUT2D eigenvalue weighted by Gasteiger charge is 2.17. The summed E-state index contributed by atoms with van der Waals surface area (Å²) in [5.74, 6) is -0.936. The van der Waals surface area contributed by atoms with Crippen LogP contribution in [0, 0.1) is 6.92 Å². The number of carboxylic acids is 1. The lowest BCUT2D eigenvalue weighted by atomic mass is 10.2. The Morgan fingerprint density at radius 2 is 2.23 bits per heavy atom. The van der Waals surface area contributed by atoms with Crippen LogP contribution in [0.3, 0.4) is 0 Å². The molecule has 0 aliphatic rings. The molecule has 0 atom stereocenters. The minimum absolute atomic E-state index is 0.271. The lowest BCUT2D eigenvalue weighted by Gasteiger charge is -1.93. The molecule has 5 nitrogen and oxygen atoms in total. The van der Waals surface area contributed by atoms with Crippen molar-refractivity contribution < 1.29 is 9.90 Å². The standard InChI is InChI=1S/C8H9N3O2/c1-5-6(8(12)13)7-10(2)3-4-11(7)9-5/h3-4H,1-2H3,(H,12,13). The van der Waals surface area contributed by atoms with Crippen LogP contribution in [0.4, 0.5) is 0 Å². The maximum Gasteiger partial charge on any atom is 0.341 e. The van der Waals surface area contributed by atoms with E-state index in [4.69, 9.17) is 5.11 Å². The Kier molecular flexibility index (Phi) is 1.42. The summed E-state index contributed by atoms with van der Waals surface area (Å²) in [6.45, 7) is 1.69. The molecule has 0 fully saturated rings. The van der Waals surface area contributed by atoms with E-state index in [0.29, 0.717) is 11.3 Å². The number of aryl methyl sites for hydroxylation is 2. The van der Waals surface area contributed by atoms with Crippen LogP contribution in [-0.2, 0) is 7.05 Å². The van der Waals surface area contributed by atoms with Crippen LogP contribution in [0.15, 0.2) is 12.4 Å². The van der Waals surface area contributed by atoms with E-state index in [1.165, 1.54) is 0 Å². The molecule has 0 unspecified atom stereocenters. The minimum atomic E-state index is -0.936. The Hall–Kier alpha value is -1.78. The fourth-order valence-corrected chi connectivity index (χ4v) is 1.46. The molecule has 68 valence electrons. The summed E-state index contributed by atoms with van der Waals surface area (Å²) in [6.07, 6.45) is 3.50. The molecular formula is C8H9N3O2. The number of hydrogen-bond acceptors (Lipinski definition) is 2. The largest absolute Gasteiger partial charge is 0.477 e. The summed E-state index contributed by atoms with van der Waals surface area (Å²) in [5, 5.41) is 13.0. The lowest BCUT2D eigenvalue weighted by molar-refractivity contribution is 0.0698. The Bertz CT molecular complexity index is 481. The number of aromatic nitrogens is 3. The summed E-state index contributed by atoms with van der Waals surface area (Å²) in [4.78, 5) is 10.9. The summed E-state index contributed by atoms with van der Waals surface area (Å²) < 4.78 is 3.31. The summed E-state index contributed by atoms with van der Waals surface area (Å²) in [6, 6.07) is 0. The molecule has 2 aromatic heterocycles. The van der Waals surface area contributed by atoms with Crippen molar-refractivity contribution in [1.82, 2.24) is 14.2 Å². The van der Waals surface area contributed by atoms with Crippen molar-refractivity contribution in [3.8, 4) is 0 Å². The zero-order chi connectivity index (χ0) is 9.59. The number of aromatic carboxylic acids is 1. The van der Waals surface area contributed by atoms with E-state index >= 15 is 0 Å². The van der Waals surface area contributed by atoms with E-state index in [-0.39, 0.29) is 5.56 Å². The molecule has 2 rings (SSSR count). The molecule has 0 aliphatic heterocycles. The normalized spacial score (nSPS) is 10.9. The predicted octanol–water partition coefficient (Wildman–Crippen LogP) is 0.679. The van der Waals surface area contributed by atoms with Gasteiger partial charge in [0.2, 0.25) is 0 Å². The van der Waals surface area contributed by atoms with Crippen LogP contribution in [0.2, 0.25) is 0 Å². The highest BCUT2D eigenvalue weighted by Crippen LogP contribution is 2.14. The predicted molar refractivity (Wildman–Crippen MR) is 45.9 cm³/mol. The second-order valence-corrected chi connectivity index (χ2v) is 2.94. The van der Waals surface area contributed by atoms with Crippen LogP contribution in [0.5, 0.6) is 0 Å². The number of hydrogen-bond donors (Lipinski definition) is 1. The Morgan fingerprint density at radius 3 is 2.85 bits per heavy atom. The van der Waals surface area contributed by atoms with Gasteiger partial charge in [-0.3, -0.25) is 0 Å². The highest BCUT2D eigenvalue weighted by atomic mass is 16.4. The number of nitrogens with zero attached hydrogens (tertiary/aromatic N) is 3. The van der Waals surface area contributed by atoms with Gasteiger partial charge in [-0.15, -0.1) is 0 Å². The molecule has 0 aromatic carbocycles. The van der Waals surface area contributed by atoms with Gasteiger partial charge in [0.05, 0.1) is 5.69 Å². The zero-order valence-corrected chi connectivity index (χ0v) is 7.35. The highest BCUT2D eigenvalue weighted by molar-refractivity contribution is 5.95. The first-order chi connectivity index (χ1) is 6.11. The molecule has 0 amide bonds. The molecule has 13 heavy (non-hydrogen) atoms. The SMILES string of the molecule is Cc1nn2ccn(C)c2c1C(=O)O. The third-order valence-electron chi connectivity index (χ3n) is 2.04. The van der Waals surface area contributed by atoms with Gasteiger partial charge in [0.15, 0.2) is 0 Å². The molecule has 5 heteroatoms. The molecular weight excluding hydrogens is 170 g/mol. The van der Waals surface area contributed by atoms with E-state index in [0.717, 1.165) is 0 Å². The Balaban J connectivity index is 2.90. The van der Waals surface area contributed by atoms with Gasteiger partial charge >= 0.3 is 5.97 Å².